The van der Waals surface area contributed by atoms with Gasteiger partial charge in [0, 0.05) is 6.07 Å². The Hall–Kier alpha value is -3.79. The number of nitrogens with one attached hydrogen (secondary N) is 1. The van der Waals surface area contributed by atoms with E-state index in [9.17, 15) is 9.90 Å². The summed E-state index contributed by atoms with van der Waals surface area (Å²) >= 11 is 0. The third-order valence-corrected chi connectivity index (χ3v) is 3.97. The maximum absolute atomic E-state index is 12.7. The quantitative estimate of drug-likeness (QED) is 0.684. The second-order valence-corrected chi connectivity index (χ2v) is 5.49. The fourth-order valence-corrected chi connectivity index (χ4v) is 2.66. The average Bonchev–Trinajstić information content (AvgIpc) is 2.66. The molecule has 0 aliphatic heterocycles. The van der Waals surface area contributed by atoms with Crippen molar-refractivity contribution < 1.29 is 19.4 Å². The molecule has 0 saturated carbocycles. The predicted octanol–water partition coefficient (Wildman–Crippen LogP) is 4.30. The van der Waals surface area contributed by atoms with Gasteiger partial charge < -0.3 is 19.9 Å². The number of anilines is 1. The highest BCUT2D eigenvalue weighted by atomic mass is 16.5. The van der Waals surface area contributed by atoms with E-state index in [1.807, 2.05) is 24.3 Å². The predicted molar refractivity (Wildman–Crippen MR) is 97.9 cm³/mol. The van der Waals surface area contributed by atoms with Crippen LogP contribution in [0.15, 0.2) is 48.5 Å². The largest absolute Gasteiger partial charge is 0.507 e. The van der Waals surface area contributed by atoms with Crippen LogP contribution in [0.2, 0.25) is 0 Å². The summed E-state index contributed by atoms with van der Waals surface area (Å²) < 4.78 is 10.4. The maximum Gasteiger partial charge on any atom is 0.430 e. The third-order valence-electron chi connectivity index (χ3n) is 3.97. The molecule has 0 aliphatic carbocycles. The lowest BCUT2D eigenvalue weighted by Gasteiger charge is -2.12. The van der Waals surface area contributed by atoms with Crippen LogP contribution < -0.4 is 14.8 Å². The summed E-state index contributed by atoms with van der Waals surface area (Å²) in [7, 11) is 2.84. The van der Waals surface area contributed by atoms with Gasteiger partial charge in [-0.25, -0.2) is 0 Å². The van der Waals surface area contributed by atoms with Gasteiger partial charge in [0.05, 0.1) is 31.5 Å². The summed E-state index contributed by atoms with van der Waals surface area (Å²) in [4.78, 5) is 15.8. The molecule has 130 valence electrons. The first-order valence-electron chi connectivity index (χ1n) is 7.71. The van der Waals surface area contributed by atoms with Crippen LogP contribution in [0, 0.1) is 5.39 Å². The fraction of sp³-hybridized carbons (Fsp3) is 0.105. The topological polar surface area (TPSA) is 95.9 Å². The third kappa shape index (κ3) is 3.08. The number of hydrogen-bond acceptors (Lipinski definition) is 5. The van der Waals surface area contributed by atoms with Crippen molar-refractivity contribution in [2.75, 3.05) is 19.5 Å². The minimum absolute atomic E-state index is 0.126. The molecule has 0 fully saturated rings. The molecule has 0 aliphatic rings. The number of fused-ring (bicyclic) bond motifs is 1. The van der Waals surface area contributed by atoms with Crippen molar-refractivity contribution in [1.29, 1.82) is 5.39 Å². The molecule has 2 N–H and O–H groups in total. The van der Waals surface area contributed by atoms with Crippen molar-refractivity contribution in [3.63, 3.8) is 0 Å². The molecule has 0 unspecified atom stereocenters. The minimum atomic E-state index is -0.512. The van der Waals surface area contributed by atoms with Gasteiger partial charge in [-0.2, -0.15) is 0 Å². The van der Waals surface area contributed by atoms with Gasteiger partial charge in [-0.3, -0.25) is 4.79 Å². The number of phenolic OH excluding ortho intramolecular Hbond substituents is 1. The monoisotopic (exact) mass is 350 g/mol. The first-order chi connectivity index (χ1) is 12.6. The highest BCUT2D eigenvalue weighted by molar-refractivity contribution is 6.09. The van der Waals surface area contributed by atoms with Crippen LogP contribution in [0.4, 0.5) is 11.4 Å². The molecular weight excluding hydrogens is 334 g/mol. The van der Waals surface area contributed by atoms with E-state index >= 15 is 0 Å². The molecule has 7 nitrogen and oxygen atoms in total. The average molecular weight is 350 g/mol. The number of diazo groups is 1. The Morgan fingerprint density at radius 2 is 1.69 bits per heavy atom. The summed E-state index contributed by atoms with van der Waals surface area (Å²) in [5.41, 5.74) is 0.603. The number of ether oxygens (including phenoxy) is 2. The van der Waals surface area contributed by atoms with Gasteiger partial charge in [0.1, 0.15) is 5.75 Å². The molecule has 7 heteroatoms. The lowest BCUT2D eigenvalue weighted by Crippen LogP contribution is -2.13. The normalized spacial score (nSPS) is 10.2. The smallest absolute Gasteiger partial charge is 0.430 e. The maximum atomic E-state index is 12.7. The number of nitrogens with zero attached hydrogens (tertiary/aromatic N) is 2. The van der Waals surface area contributed by atoms with Crippen molar-refractivity contribution in [1.82, 2.24) is 0 Å². The summed E-state index contributed by atoms with van der Waals surface area (Å²) in [5, 5.41) is 23.6. The van der Waals surface area contributed by atoms with E-state index in [-0.39, 0.29) is 28.5 Å². The molecule has 3 aromatic rings. The number of amides is 1. The van der Waals surface area contributed by atoms with Crippen LogP contribution in [0.5, 0.6) is 17.2 Å². The minimum Gasteiger partial charge on any atom is -0.507 e. The Kier molecular flexibility index (Phi) is 4.58. The van der Waals surface area contributed by atoms with E-state index in [2.05, 4.69) is 10.3 Å². The molecule has 0 bridgehead atoms. The zero-order chi connectivity index (χ0) is 18.7. The van der Waals surface area contributed by atoms with Gasteiger partial charge in [-0.1, -0.05) is 24.3 Å². The molecular formula is C19H16N3O4+. The van der Waals surface area contributed by atoms with Crippen molar-refractivity contribution >= 4 is 28.1 Å². The SMILES string of the molecule is COc1cc(NC(=O)c2cc3ccccc3cc2O)c(OC)cc1[N+]#N. The molecule has 26 heavy (non-hydrogen) atoms. The fourth-order valence-electron chi connectivity index (χ4n) is 2.66. The van der Waals surface area contributed by atoms with Gasteiger partial charge in [-0.05, 0) is 22.9 Å². The Morgan fingerprint density at radius 1 is 1.04 bits per heavy atom. The van der Waals surface area contributed by atoms with E-state index in [0.717, 1.165) is 10.8 Å². The van der Waals surface area contributed by atoms with Crippen LogP contribution in [0.3, 0.4) is 0 Å². The van der Waals surface area contributed by atoms with Crippen molar-refractivity contribution in [2.24, 2.45) is 0 Å². The Bertz CT molecular complexity index is 1040. The van der Waals surface area contributed by atoms with Crippen LogP contribution in [-0.4, -0.2) is 25.2 Å². The first kappa shape index (κ1) is 17.0. The van der Waals surface area contributed by atoms with Crippen LogP contribution in [0.1, 0.15) is 10.4 Å². The number of rotatable bonds is 4. The molecule has 1 amide bonds. The lowest BCUT2D eigenvalue weighted by molar-refractivity contribution is 0.102. The van der Waals surface area contributed by atoms with E-state index in [0.29, 0.717) is 5.69 Å². The van der Waals surface area contributed by atoms with Crippen molar-refractivity contribution in [3.8, 4) is 17.2 Å². The van der Waals surface area contributed by atoms with Gasteiger partial charge >= 0.3 is 5.69 Å². The molecule has 3 rings (SSSR count). The van der Waals surface area contributed by atoms with Crippen molar-refractivity contribution in [3.05, 3.63) is 59.1 Å². The number of hydrogen-bond donors (Lipinski definition) is 2. The first-order valence-corrected chi connectivity index (χ1v) is 7.71. The number of aromatic hydroxyl groups is 1. The number of methoxy groups -OCH3 is 2. The second kappa shape index (κ2) is 6.99. The summed E-state index contributed by atoms with van der Waals surface area (Å²) in [6.07, 6.45) is 0. The zero-order valence-corrected chi connectivity index (χ0v) is 14.2. The molecule has 0 spiro atoms. The number of carbonyl (C=O) groups is 1. The lowest BCUT2D eigenvalue weighted by atomic mass is 10.1. The highest BCUT2D eigenvalue weighted by Gasteiger charge is 2.22. The molecule has 3 aromatic carbocycles. The molecule has 0 heterocycles. The summed E-state index contributed by atoms with van der Waals surface area (Å²) in [6, 6.07) is 13.5. The molecule has 0 aromatic heterocycles. The summed E-state index contributed by atoms with van der Waals surface area (Å²) in [5.74, 6) is -0.102. The Morgan fingerprint density at radius 3 is 2.31 bits per heavy atom. The Labute approximate surface area is 149 Å². The second-order valence-electron chi connectivity index (χ2n) is 5.49. The van der Waals surface area contributed by atoms with Gasteiger partial charge in [0.2, 0.25) is 11.1 Å². The zero-order valence-electron chi connectivity index (χ0n) is 14.2. The van der Waals surface area contributed by atoms with Gasteiger partial charge in [-0.15, -0.1) is 0 Å². The number of phenols is 1. The van der Waals surface area contributed by atoms with Crippen LogP contribution >= 0.6 is 0 Å². The van der Waals surface area contributed by atoms with Gasteiger partial charge in [0.15, 0.2) is 10.7 Å². The number of benzene rings is 3. The molecule has 0 atom stereocenters. The highest BCUT2D eigenvalue weighted by Crippen LogP contribution is 2.38. The standard InChI is InChI=1S/C19H15N3O4/c1-25-17-10-15(22-20)18(26-2)9-14(17)21-19(24)13-7-11-5-3-4-6-12(11)8-16(13)23/h3-10H,1-2H3,(H-,21,23,24)/p+1. The van der Waals surface area contributed by atoms with E-state index in [4.69, 9.17) is 14.9 Å². The molecule has 0 radical (unpaired) electrons. The molecule has 0 saturated heterocycles. The van der Waals surface area contributed by atoms with E-state index in [1.54, 1.807) is 6.07 Å². The Balaban J connectivity index is 2.00. The van der Waals surface area contributed by atoms with Crippen LogP contribution in [-0.2, 0) is 0 Å². The number of carbonyl (C=O) groups excluding carboxylic acids is 1. The van der Waals surface area contributed by atoms with E-state index < -0.39 is 5.91 Å². The van der Waals surface area contributed by atoms with Crippen LogP contribution in [0.25, 0.3) is 15.7 Å². The van der Waals surface area contributed by atoms with E-state index in [1.165, 1.54) is 32.4 Å². The van der Waals surface area contributed by atoms with Crippen molar-refractivity contribution in [2.45, 2.75) is 0 Å². The summed E-state index contributed by atoms with van der Waals surface area (Å²) in [6.45, 7) is 0. The van der Waals surface area contributed by atoms with Gasteiger partial charge in [0.25, 0.3) is 5.91 Å².